The molecule has 0 saturated heterocycles. The van der Waals surface area contributed by atoms with Crippen molar-refractivity contribution in [2.24, 2.45) is 0 Å². The quantitative estimate of drug-likeness (QED) is 0.574. The van der Waals surface area contributed by atoms with Gasteiger partial charge in [-0.05, 0) is 28.7 Å². The summed E-state index contributed by atoms with van der Waals surface area (Å²) in [5.41, 5.74) is 2.19. The number of hydrogen-bond acceptors (Lipinski definition) is 6. The molecule has 1 aromatic carbocycles. The molecule has 0 atom stereocenters. The zero-order valence-corrected chi connectivity index (χ0v) is 12.4. The predicted molar refractivity (Wildman–Crippen MR) is 80.7 cm³/mol. The van der Waals surface area contributed by atoms with Crippen LogP contribution in [-0.2, 0) is 6.42 Å². The maximum Gasteiger partial charge on any atom is 0.344 e. The summed E-state index contributed by atoms with van der Waals surface area (Å²) in [7, 11) is 0. The Hall–Kier alpha value is -2.19. The molecule has 0 amide bonds. The van der Waals surface area contributed by atoms with E-state index in [1.807, 2.05) is 18.2 Å². The Bertz CT molecular complexity index is 754. The highest BCUT2D eigenvalue weighted by atomic mass is 32.2. The lowest BCUT2D eigenvalue weighted by molar-refractivity contribution is -0.380. The number of imidazole rings is 1. The molecule has 0 spiro atoms. The molecule has 0 radical (unpaired) electrons. The van der Waals surface area contributed by atoms with Crippen LogP contribution in [0, 0.1) is 10.1 Å². The number of rotatable bonds is 5. The van der Waals surface area contributed by atoms with Gasteiger partial charge < -0.3 is 4.98 Å². The highest BCUT2D eigenvalue weighted by Gasteiger charge is 2.13. The maximum absolute atomic E-state index is 10.6. The van der Waals surface area contributed by atoms with E-state index >= 15 is 0 Å². The van der Waals surface area contributed by atoms with Gasteiger partial charge in [-0.3, -0.25) is 10.1 Å². The average Bonchev–Trinajstić information content (AvgIpc) is 3.10. The molecule has 6 nitrogen and oxygen atoms in total. The Labute approximate surface area is 128 Å². The molecule has 3 aromatic rings. The zero-order valence-electron chi connectivity index (χ0n) is 10.7. The van der Waals surface area contributed by atoms with Gasteiger partial charge in [0, 0.05) is 18.3 Å². The lowest BCUT2D eigenvalue weighted by Gasteiger charge is -1.97. The minimum Gasteiger partial charge on any atom is -0.336 e. The first-order valence-electron chi connectivity index (χ1n) is 6.06. The van der Waals surface area contributed by atoms with Crippen molar-refractivity contribution in [2.45, 2.75) is 15.9 Å². The number of nitro groups is 1. The topological polar surface area (TPSA) is 84.7 Å². The fraction of sp³-hybridized carbons (Fsp3) is 0.0769. The highest BCUT2D eigenvalue weighted by Crippen LogP contribution is 2.32. The molecule has 0 unspecified atom stereocenters. The van der Waals surface area contributed by atoms with E-state index in [2.05, 4.69) is 27.1 Å². The van der Waals surface area contributed by atoms with Crippen molar-refractivity contribution in [3.05, 3.63) is 64.1 Å². The van der Waals surface area contributed by atoms with Crippen molar-refractivity contribution in [2.75, 3.05) is 0 Å². The minimum absolute atomic E-state index is 0.0357. The van der Waals surface area contributed by atoms with Gasteiger partial charge in [-0.1, -0.05) is 30.3 Å². The van der Waals surface area contributed by atoms with Crippen LogP contribution in [-0.4, -0.2) is 19.9 Å². The van der Waals surface area contributed by atoms with Crippen LogP contribution in [0.15, 0.2) is 52.2 Å². The monoisotopic (exact) mass is 318 g/mol. The fourth-order valence-electron chi connectivity index (χ4n) is 1.76. The Morgan fingerprint density at radius 1 is 1.24 bits per heavy atom. The Balaban J connectivity index is 1.68. The van der Waals surface area contributed by atoms with Crippen molar-refractivity contribution < 1.29 is 4.92 Å². The first-order chi connectivity index (χ1) is 10.2. The van der Waals surface area contributed by atoms with E-state index in [1.165, 1.54) is 23.5 Å². The summed E-state index contributed by atoms with van der Waals surface area (Å²) in [6.45, 7) is 0. The van der Waals surface area contributed by atoms with Crippen LogP contribution >= 0.6 is 23.1 Å². The fourth-order valence-corrected chi connectivity index (χ4v) is 3.44. The summed E-state index contributed by atoms with van der Waals surface area (Å²) in [6.07, 6.45) is 3.81. The third-order valence-electron chi connectivity index (χ3n) is 2.68. The number of hydrogen-bond donors (Lipinski definition) is 1. The van der Waals surface area contributed by atoms with Crippen molar-refractivity contribution in [1.82, 2.24) is 15.0 Å². The molecule has 8 heteroatoms. The Kier molecular flexibility index (Phi) is 3.98. The molecule has 3 rings (SSSR count). The first kappa shape index (κ1) is 13.8. The molecule has 106 valence electrons. The highest BCUT2D eigenvalue weighted by molar-refractivity contribution is 8.00. The molecular formula is C13H10N4O2S2. The summed E-state index contributed by atoms with van der Waals surface area (Å²) < 4.78 is 0.599. The number of H-pyrrole nitrogens is 1. The van der Waals surface area contributed by atoms with Crippen molar-refractivity contribution in [3.63, 3.8) is 0 Å². The zero-order chi connectivity index (χ0) is 14.7. The van der Waals surface area contributed by atoms with Gasteiger partial charge in [-0.2, -0.15) is 0 Å². The summed E-state index contributed by atoms with van der Waals surface area (Å²) in [5.74, 6) is 0. The van der Waals surface area contributed by atoms with Gasteiger partial charge in [-0.15, -0.1) is 0 Å². The van der Waals surface area contributed by atoms with E-state index in [4.69, 9.17) is 0 Å². The second kappa shape index (κ2) is 6.06. The van der Waals surface area contributed by atoms with E-state index < -0.39 is 4.92 Å². The lowest BCUT2D eigenvalue weighted by Crippen LogP contribution is -1.87. The molecule has 0 fully saturated rings. The van der Waals surface area contributed by atoms with Gasteiger partial charge in [0.25, 0.3) is 0 Å². The maximum atomic E-state index is 10.6. The standard InChI is InChI=1S/C13H10N4O2S2/c18-17(19)11-8-15-13(20-11)21-12-14-7-10(16-12)6-9-4-2-1-3-5-9/h1-5,7-8H,6H2,(H,14,16). The van der Waals surface area contributed by atoms with E-state index in [-0.39, 0.29) is 5.00 Å². The van der Waals surface area contributed by atoms with E-state index in [9.17, 15) is 10.1 Å². The summed E-state index contributed by atoms with van der Waals surface area (Å²) >= 11 is 2.34. The third-order valence-corrected chi connectivity index (χ3v) is 4.60. The molecule has 0 aliphatic carbocycles. The summed E-state index contributed by atoms with van der Waals surface area (Å²) in [5, 5.41) is 11.3. The predicted octanol–water partition coefficient (Wildman–Crippen LogP) is 3.52. The molecule has 2 heterocycles. The lowest BCUT2D eigenvalue weighted by atomic mass is 10.1. The van der Waals surface area contributed by atoms with Gasteiger partial charge >= 0.3 is 5.00 Å². The van der Waals surface area contributed by atoms with Gasteiger partial charge in [-0.25, -0.2) is 9.97 Å². The van der Waals surface area contributed by atoms with E-state index in [1.54, 1.807) is 6.20 Å². The van der Waals surface area contributed by atoms with Crippen LogP contribution in [0.4, 0.5) is 5.00 Å². The number of nitrogens with zero attached hydrogens (tertiary/aromatic N) is 3. The summed E-state index contributed by atoms with van der Waals surface area (Å²) in [4.78, 5) is 21.6. The molecule has 0 bridgehead atoms. The van der Waals surface area contributed by atoms with Gasteiger partial charge in [0.1, 0.15) is 6.20 Å². The smallest absolute Gasteiger partial charge is 0.336 e. The summed E-state index contributed by atoms with van der Waals surface area (Å²) in [6, 6.07) is 10.1. The van der Waals surface area contributed by atoms with Gasteiger partial charge in [0.15, 0.2) is 9.50 Å². The van der Waals surface area contributed by atoms with Crippen LogP contribution in [0.5, 0.6) is 0 Å². The SMILES string of the molecule is O=[N+]([O-])c1cnc(Sc2ncc(Cc3ccccc3)[nH]2)s1. The largest absolute Gasteiger partial charge is 0.344 e. The molecule has 1 N–H and O–H groups in total. The van der Waals surface area contributed by atoms with Crippen LogP contribution < -0.4 is 0 Å². The minimum atomic E-state index is -0.440. The Morgan fingerprint density at radius 3 is 2.76 bits per heavy atom. The van der Waals surface area contributed by atoms with Crippen molar-refractivity contribution >= 4 is 28.1 Å². The van der Waals surface area contributed by atoms with Crippen LogP contribution in [0.3, 0.4) is 0 Å². The van der Waals surface area contributed by atoms with Crippen molar-refractivity contribution in [1.29, 1.82) is 0 Å². The molecule has 0 aliphatic rings. The average molecular weight is 318 g/mol. The third kappa shape index (κ3) is 3.47. The van der Waals surface area contributed by atoms with Crippen molar-refractivity contribution in [3.8, 4) is 0 Å². The second-order valence-electron chi connectivity index (χ2n) is 4.20. The number of aromatic amines is 1. The molecule has 0 saturated carbocycles. The van der Waals surface area contributed by atoms with Gasteiger partial charge in [0.2, 0.25) is 0 Å². The molecule has 21 heavy (non-hydrogen) atoms. The van der Waals surface area contributed by atoms with Crippen LogP contribution in [0.2, 0.25) is 0 Å². The molecular weight excluding hydrogens is 308 g/mol. The van der Waals surface area contributed by atoms with Gasteiger partial charge in [0.05, 0.1) is 4.92 Å². The number of aromatic nitrogens is 3. The Morgan fingerprint density at radius 2 is 2.05 bits per heavy atom. The van der Waals surface area contributed by atoms with Crippen LogP contribution in [0.1, 0.15) is 11.3 Å². The number of nitrogens with one attached hydrogen (secondary N) is 1. The van der Waals surface area contributed by atoms with E-state index in [0.29, 0.717) is 9.50 Å². The number of benzene rings is 1. The first-order valence-corrected chi connectivity index (χ1v) is 7.70. The molecule has 2 aromatic heterocycles. The number of thiazole rings is 1. The van der Waals surface area contributed by atoms with E-state index in [0.717, 1.165) is 23.5 Å². The second-order valence-corrected chi connectivity index (χ2v) is 6.44. The molecule has 0 aliphatic heterocycles. The normalized spacial score (nSPS) is 10.7. The van der Waals surface area contributed by atoms with Crippen LogP contribution in [0.25, 0.3) is 0 Å².